The van der Waals surface area contributed by atoms with Gasteiger partial charge in [-0.3, -0.25) is 9.59 Å². The summed E-state index contributed by atoms with van der Waals surface area (Å²) in [6, 6.07) is 4.10. The van der Waals surface area contributed by atoms with E-state index in [2.05, 4.69) is 5.32 Å². The van der Waals surface area contributed by atoms with Crippen molar-refractivity contribution in [1.29, 1.82) is 0 Å². The summed E-state index contributed by atoms with van der Waals surface area (Å²) >= 11 is 0. The van der Waals surface area contributed by atoms with Crippen LogP contribution in [0.5, 0.6) is 0 Å². The molecule has 0 radical (unpaired) electrons. The second-order valence-electron chi connectivity index (χ2n) is 4.51. The summed E-state index contributed by atoms with van der Waals surface area (Å²) in [6.07, 6.45) is 0.805. The largest absolute Gasteiger partial charge is 0.478 e. The molecule has 0 atom stereocenters. The Morgan fingerprint density at radius 2 is 1.80 bits per heavy atom. The van der Waals surface area contributed by atoms with Gasteiger partial charge in [0.15, 0.2) is 0 Å². The van der Waals surface area contributed by atoms with Crippen molar-refractivity contribution in [3.63, 3.8) is 0 Å². The lowest BCUT2D eigenvalue weighted by atomic mass is 10.1. The molecule has 0 aliphatic heterocycles. The highest BCUT2D eigenvalue weighted by Gasteiger charge is 2.15. The molecule has 0 saturated carbocycles. The van der Waals surface area contributed by atoms with Gasteiger partial charge in [-0.1, -0.05) is 6.92 Å². The molecule has 6 heteroatoms. The van der Waals surface area contributed by atoms with Crippen molar-refractivity contribution in [2.45, 2.75) is 20.3 Å². The first kappa shape index (κ1) is 15.7. The average Bonchev–Trinajstić information content (AvgIpc) is 2.36. The lowest BCUT2D eigenvalue weighted by Crippen LogP contribution is -2.27. The summed E-state index contributed by atoms with van der Waals surface area (Å²) in [5.74, 6) is -1.75. The third kappa shape index (κ3) is 4.08. The summed E-state index contributed by atoms with van der Waals surface area (Å²) in [5.41, 5.74) is 0.500. The summed E-state index contributed by atoms with van der Waals surface area (Å²) in [7, 11) is 1.65. The number of rotatable bonds is 5. The summed E-state index contributed by atoms with van der Waals surface area (Å²) in [5, 5.41) is 11.5. The van der Waals surface area contributed by atoms with Crippen LogP contribution in [0, 0.1) is 0 Å². The van der Waals surface area contributed by atoms with Gasteiger partial charge in [-0.2, -0.15) is 0 Å². The number of carbonyl (C=O) groups is 3. The summed E-state index contributed by atoms with van der Waals surface area (Å²) in [4.78, 5) is 35.8. The van der Waals surface area contributed by atoms with Crippen molar-refractivity contribution >= 4 is 23.5 Å². The number of hydrogen-bond acceptors (Lipinski definition) is 3. The van der Waals surface area contributed by atoms with Crippen molar-refractivity contribution in [2.24, 2.45) is 0 Å². The molecule has 1 rings (SSSR count). The number of aromatic carboxylic acids is 1. The Morgan fingerprint density at radius 3 is 2.30 bits per heavy atom. The van der Waals surface area contributed by atoms with Crippen LogP contribution in [0.4, 0.5) is 5.69 Å². The van der Waals surface area contributed by atoms with Crippen LogP contribution in [0.25, 0.3) is 0 Å². The Balaban J connectivity index is 3.17. The monoisotopic (exact) mass is 278 g/mol. The van der Waals surface area contributed by atoms with Gasteiger partial charge in [-0.05, 0) is 24.6 Å². The van der Waals surface area contributed by atoms with E-state index in [1.807, 2.05) is 6.92 Å². The normalized spacial score (nSPS) is 9.95. The molecular weight excluding hydrogens is 260 g/mol. The fraction of sp³-hybridized carbons (Fsp3) is 0.357. The quantitative estimate of drug-likeness (QED) is 0.860. The number of benzene rings is 1. The highest BCUT2D eigenvalue weighted by Crippen LogP contribution is 2.17. The molecule has 20 heavy (non-hydrogen) atoms. The second kappa shape index (κ2) is 6.70. The molecule has 0 heterocycles. The molecule has 0 aliphatic carbocycles. The van der Waals surface area contributed by atoms with E-state index in [1.54, 1.807) is 7.05 Å². The van der Waals surface area contributed by atoms with Crippen LogP contribution in [-0.4, -0.2) is 41.4 Å². The van der Waals surface area contributed by atoms with Crippen LogP contribution in [0.2, 0.25) is 0 Å². The van der Waals surface area contributed by atoms with Crippen molar-refractivity contribution in [1.82, 2.24) is 4.90 Å². The van der Waals surface area contributed by atoms with Crippen LogP contribution in [0.3, 0.4) is 0 Å². The van der Waals surface area contributed by atoms with Gasteiger partial charge >= 0.3 is 5.97 Å². The molecule has 2 amide bonds. The minimum atomic E-state index is -1.15. The Kier molecular flexibility index (Phi) is 5.25. The van der Waals surface area contributed by atoms with E-state index in [-0.39, 0.29) is 22.9 Å². The van der Waals surface area contributed by atoms with E-state index in [1.165, 1.54) is 30.0 Å². The lowest BCUT2D eigenvalue weighted by molar-refractivity contribution is -0.114. The number of hydrogen-bond donors (Lipinski definition) is 2. The van der Waals surface area contributed by atoms with E-state index in [0.717, 1.165) is 6.42 Å². The Hall–Kier alpha value is -2.37. The first-order valence-corrected chi connectivity index (χ1v) is 6.26. The molecule has 2 N–H and O–H groups in total. The number of carboxylic acid groups (broad SMARTS) is 1. The first-order valence-electron chi connectivity index (χ1n) is 6.26. The van der Waals surface area contributed by atoms with Crippen LogP contribution >= 0.6 is 0 Å². The maximum atomic E-state index is 12.2. The van der Waals surface area contributed by atoms with Gasteiger partial charge in [0, 0.05) is 31.8 Å². The molecule has 0 aliphatic rings. The van der Waals surface area contributed by atoms with Crippen molar-refractivity contribution < 1.29 is 19.5 Å². The number of nitrogens with zero attached hydrogens (tertiary/aromatic N) is 1. The molecule has 0 aromatic heterocycles. The summed E-state index contributed by atoms with van der Waals surface area (Å²) < 4.78 is 0. The third-order valence-corrected chi connectivity index (χ3v) is 2.65. The average molecular weight is 278 g/mol. The van der Waals surface area contributed by atoms with Gasteiger partial charge < -0.3 is 15.3 Å². The van der Waals surface area contributed by atoms with Gasteiger partial charge in [0.25, 0.3) is 5.91 Å². The molecule has 0 saturated heterocycles. The Morgan fingerprint density at radius 1 is 1.20 bits per heavy atom. The molecule has 0 unspecified atom stereocenters. The number of amides is 2. The minimum Gasteiger partial charge on any atom is -0.478 e. The SMILES string of the molecule is CCCN(C)C(=O)c1cc(NC(C)=O)cc(C(=O)O)c1. The Bertz CT molecular complexity index is 540. The highest BCUT2D eigenvalue weighted by atomic mass is 16.4. The van der Waals surface area contributed by atoms with E-state index in [4.69, 9.17) is 5.11 Å². The van der Waals surface area contributed by atoms with Gasteiger partial charge in [0.2, 0.25) is 5.91 Å². The predicted octanol–water partition coefficient (Wildman–Crippen LogP) is 1.83. The van der Waals surface area contributed by atoms with Crippen LogP contribution in [-0.2, 0) is 4.79 Å². The number of carbonyl (C=O) groups excluding carboxylic acids is 2. The maximum Gasteiger partial charge on any atom is 0.335 e. The molecule has 1 aromatic rings. The van der Waals surface area contributed by atoms with E-state index in [9.17, 15) is 14.4 Å². The van der Waals surface area contributed by atoms with Gasteiger partial charge in [-0.15, -0.1) is 0 Å². The number of anilines is 1. The molecule has 0 bridgehead atoms. The second-order valence-corrected chi connectivity index (χ2v) is 4.51. The van der Waals surface area contributed by atoms with Crippen molar-refractivity contribution in [3.05, 3.63) is 29.3 Å². The number of nitrogens with one attached hydrogen (secondary N) is 1. The number of carboxylic acids is 1. The molecule has 108 valence electrons. The van der Waals surface area contributed by atoms with Crippen molar-refractivity contribution in [3.8, 4) is 0 Å². The molecule has 6 nitrogen and oxygen atoms in total. The highest BCUT2D eigenvalue weighted by molar-refractivity contribution is 6.00. The zero-order valence-corrected chi connectivity index (χ0v) is 11.8. The fourth-order valence-electron chi connectivity index (χ4n) is 1.81. The summed E-state index contributed by atoms with van der Waals surface area (Å²) in [6.45, 7) is 3.84. The van der Waals surface area contributed by atoms with Crippen molar-refractivity contribution in [2.75, 3.05) is 18.9 Å². The van der Waals surface area contributed by atoms with Gasteiger partial charge in [-0.25, -0.2) is 4.79 Å². The Labute approximate surface area is 117 Å². The maximum absolute atomic E-state index is 12.2. The molecule has 0 fully saturated rings. The van der Waals surface area contributed by atoms with Gasteiger partial charge in [0.05, 0.1) is 5.56 Å². The third-order valence-electron chi connectivity index (χ3n) is 2.65. The zero-order chi connectivity index (χ0) is 15.3. The molecule has 1 aromatic carbocycles. The standard InChI is InChI=1S/C14H18N2O4/c1-4-5-16(3)13(18)10-6-11(14(19)20)8-12(7-10)15-9(2)17/h6-8H,4-5H2,1-3H3,(H,15,17)(H,19,20). The fourth-order valence-corrected chi connectivity index (χ4v) is 1.81. The lowest BCUT2D eigenvalue weighted by Gasteiger charge is -2.17. The predicted molar refractivity (Wildman–Crippen MR) is 75.0 cm³/mol. The van der Waals surface area contributed by atoms with E-state index >= 15 is 0 Å². The molecular formula is C14H18N2O4. The van der Waals surface area contributed by atoms with Crippen LogP contribution in [0.1, 0.15) is 41.0 Å². The topological polar surface area (TPSA) is 86.7 Å². The first-order chi connectivity index (χ1) is 9.35. The molecule has 0 spiro atoms. The minimum absolute atomic E-state index is 0.0375. The van der Waals surface area contributed by atoms with Gasteiger partial charge in [0.1, 0.15) is 0 Å². The zero-order valence-electron chi connectivity index (χ0n) is 11.8. The smallest absolute Gasteiger partial charge is 0.335 e. The van der Waals surface area contributed by atoms with Crippen LogP contribution < -0.4 is 5.32 Å². The van der Waals surface area contributed by atoms with E-state index in [0.29, 0.717) is 12.2 Å². The van der Waals surface area contributed by atoms with E-state index < -0.39 is 5.97 Å². The van der Waals surface area contributed by atoms with Crippen LogP contribution in [0.15, 0.2) is 18.2 Å².